The molecule has 0 saturated heterocycles. The van der Waals surface area contributed by atoms with E-state index >= 15 is 0 Å². The molecule has 0 fully saturated rings. The molecule has 0 aliphatic carbocycles. The number of urea groups is 1. The summed E-state index contributed by atoms with van der Waals surface area (Å²) in [6.07, 6.45) is 0.733. The number of nitrogens with one attached hydrogen (secondary N) is 2. The Hall–Kier alpha value is -1.21. The molecule has 1 atom stereocenters. The van der Waals surface area contributed by atoms with Crippen molar-refractivity contribution >= 4 is 6.03 Å². The molecular weight excluding hydrogens is 204 g/mol. The molecule has 92 valence electrons. The average Bonchev–Trinajstić information content (AvgIpc) is 2.15. The highest BCUT2D eigenvalue weighted by Crippen LogP contribution is 2.20. The van der Waals surface area contributed by atoms with E-state index in [2.05, 4.69) is 43.2 Å². The molecule has 0 spiro atoms. The lowest BCUT2D eigenvalue weighted by molar-refractivity contribution is 0.191. The first kappa shape index (κ1) is 14.8. The molecule has 0 heterocycles. The van der Waals surface area contributed by atoms with E-state index in [-0.39, 0.29) is 24.1 Å². The molecule has 0 saturated carbocycles. The van der Waals surface area contributed by atoms with Gasteiger partial charge in [-0.1, -0.05) is 26.7 Å². The smallest absolute Gasteiger partial charge is 0.315 e. The second-order valence-electron chi connectivity index (χ2n) is 4.90. The molecule has 2 amide bonds. The molecular formula is C12H22N2O2. The van der Waals surface area contributed by atoms with Gasteiger partial charge in [-0.15, -0.1) is 5.92 Å². The van der Waals surface area contributed by atoms with E-state index in [0.717, 1.165) is 6.42 Å². The summed E-state index contributed by atoms with van der Waals surface area (Å²) in [5.41, 5.74) is 0.0733. The van der Waals surface area contributed by atoms with Crippen molar-refractivity contribution < 1.29 is 9.90 Å². The Morgan fingerprint density at radius 3 is 2.50 bits per heavy atom. The van der Waals surface area contributed by atoms with Crippen molar-refractivity contribution in [3.63, 3.8) is 0 Å². The molecule has 1 unspecified atom stereocenters. The number of rotatable bonds is 4. The van der Waals surface area contributed by atoms with E-state index < -0.39 is 0 Å². The molecule has 0 aromatic rings. The molecule has 4 nitrogen and oxygen atoms in total. The normalized spacial score (nSPS) is 12.3. The maximum Gasteiger partial charge on any atom is 0.315 e. The topological polar surface area (TPSA) is 61.4 Å². The van der Waals surface area contributed by atoms with Crippen molar-refractivity contribution in [2.45, 2.75) is 40.2 Å². The van der Waals surface area contributed by atoms with E-state index in [1.165, 1.54) is 0 Å². The number of carbonyl (C=O) groups is 1. The zero-order chi connectivity index (χ0) is 12.6. The van der Waals surface area contributed by atoms with Gasteiger partial charge in [-0.2, -0.15) is 0 Å². The number of carbonyl (C=O) groups excluding carboxylic acids is 1. The van der Waals surface area contributed by atoms with Crippen LogP contribution in [-0.4, -0.2) is 30.3 Å². The summed E-state index contributed by atoms with van der Waals surface area (Å²) in [6, 6.07) is -0.499. The Balaban J connectivity index is 4.00. The van der Waals surface area contributed by atoms with Crippen LogP contribution in [0.2, 0.25) is 0 Å². The highest BCUT2D eigenvalue weighted by atomic mass is 16.3. The van der Waals surface area contributed by atoms with Gasteiger partial charge >= 0.3 is 6.03 Å². The molecule has 3 N–H and O–H groups in total. The lowest BCUT2D eigenvalue weighted by Gasteiger charge is -2.25. The van der Waals surface area contributed by atoms with Crippen LogP contribution in [-0.2, 0) is 0 Å². The maximum atomic E-state index is 11.4. The first-order valence-corrected chi connectivity index (χ1v) is 5.44. The zero-order valence-corrected chi connectivity index (χ0v) is 10.6. The van der Waals surface area contributed by atoms with Crippen LogP contribution in [0.1, 0.15) is 34.1 Å². The third-order valence-corrected chi connectivity index (χ3v) is 1.93. The van der Waals surface area contributed by atoms with Crippen molar-refractivity contribution in [1.82, 2.24) is 10.6 Å². The van der Waals surface area contributed by atoms with Crippen molar-refractivity contribution in [3.05, 3.63) is 0 Å². The van der Waals surface area contributed by atoms with Gasteiger partial charge in [-0.05, 0) is 18.8 Å². The fraction of sp³-hybridized carbons (Fsp3) is 0.750. The highest BCUT2D eigenvalue weighted by Gasteiger charge is 2.19. The Bertz CT molecular complexity index is 271. The summed E-state index contributed by atoms with van der Waals surface area (Å²) >= 11 is 0. The van der Waals surface area contributed by atoms with Crippen molar-refractivity contribution in [2.24, 2.45) is 5.41 Å². The molecule has 0 rings (SSSR count). The van der Waals surface area contributed by atoms with E-state index in [0.29, 0.717) is 6.54 Å². The van der Waals surface area contributed by atoms with E-state index in [1.807, 2.05) is 0 Å². The van der Waals surface area contributed by atoms with E-state index in [1.54, 1.807) is 6.92 Å². The van der Waals surface area contributed by atoms with Crippen LogP contribution in [0.25, 0.3) is 0 Å². The summed E-state index contributed by atoms with van der Waals surface area (Å²) in [5, 5.41) is 14.5. The summed E-state index contributed by atoms with van der Waals surface area (Å²) < 4.78 is 0. The van der Waals surface area contributed by atoms with E-state index in [9.17, 15) is 4.79 Å². The minimum absolute atomic E-state index is 0.0514. The predicted molar refractivity (Wildman–Crippen MR) is 64.9 cm³/mol. The highest BCUT2D eigenvalue weighted by molar-refractivity contribution is 5.74. The second-order valence-corrected chi connectivity index (χ2v) is 4.90. The molecule has 0 radical (unpaired) electrons. The fourth-order valence-corrected chi connectivity index (χ4v) is 1.35. The van der Waals surface area contributed by atoms with Gasteiger partial charge in [0, 0.05) is 0 Å². The third kappa shape index (κ3) is 8.13. The van der Waals surface area contributed by atoms with Crippen molar-refractivity contribution in [2.75, 3.05) is 13.2 Å². The number of aliphatic hydroxyl groups excluding tert-OH is 1. The molecule has 4 heteroatoms. The predicted octanol–water partition coefficient (Wildman–Crippen LogP) is 1.11. The Morgan fingerprint density at radius 1 is 1.44 bits per heavy atom. The standard InChI is InChI=1S/C12H22N2O2/c1-5-6-7-13-11(16)14-10(9-15)8-12(2,3)4/h10,15H,7-9H2,1-4H3,(H2,13,14,16). The molecule has 0 aliphatic rings. The Labute approximate surface area is 97.8 Å². The maximum absolute atomic E-state index is 11.4. The molecule has 0 aromatic carbocycles. The first-order chi connectivity index (χ1) is 7.39. The minimum atomic E-state index is -0.286. The SMILES string of the molecule is CC#CCNC(=O)NC(CO)CC(C)(C)C. The first-order valence-electron chi connectivity index (χ1n) is 5.44. The summed E-state index contributed by atoms with van der Waals surface area (Å²) in [6.45, 7) is 8.20. The summed E-state index contributed by atoms with van der Waals surface area (Å²) in [5.74, 6) is 5.42. The largest absolute Gasteiger partial charge is 0.394 e. The number of hydrogen-bond acceptors (Lipinski definition) is 2. The van der Waals surface area contributed by atoms with Crippen LogP contribution in [0.4, 0.5) is 4.79 Å². The molecule has 0 aliphatic heterocycles. The quantitative estimate of drug-likeness (QED) is 0.629. The average molecular weight is 226 g/mol. The lowest BCUT2D eigenvalue weighted by Crippen LogP contribution is -2.45. The summed E-state index contributed by atoms with van der Waals surface area (Å²) in [7, 11) is 0. The van der Waals surface area contributed by atoms with Gasteiger partial charge in [0.25, 0.3) is 0 Å². The molecule has 0 aromatic heterocycles. The van der Waals surface area contributed by atoms with Crippen LogP contribution >= 0.6 is 0 Å². The van der Waals surface area contributed by atoms with Crippen LogP contribution in [0.5, 0.6) is 0 Å². The number of aliphatic hydroxyl groups is 1. The monoisotopic (exact) mass is 226 g/mol. The third-order valence-electron chi connectivity index (χ3n) is 1.93. The van der Waals surface area contributed by atoms with Crippen molar-refractivity contribution in [1.29, 1.82) is 0 Å². The number of amides is 2. The minimum Gasteiger partial charge on any atom is -0.394 e. The van der Waals surface area contributed by atoms with Gasteiger partial charge in [0.05, 0.1) is 19.2 Å². The zero-order valence-electron chi connectivity index (χ0n) is 10.6. The molecule has 0 bridgehead atoms. The van der Waals surface area contributed by atoms with Crippen LogP contribution in [0, 0.1) is 17.3 Å². The Morgan fingerprint density at radius 2 is 2.06 bits per heavy atom. The van der Waals surface area contributed by atoms with Gasteiger partial charge < -0.3 is 15.7 Å². The summed E-state index contributed by atoms with van der Waals surface area (Å²) in [4.78, 5) is 11.4. The van der Waals surface area contributed by atoms with Gasteiger partial charge in [-0.25, -0.2) is 4.79 Å². The van der Waals surface area contributed by atoms with Crippen molar-refractivity contribution in [3.8, 4) is 11.8 Å². The number of hydrogen-bond donors (Lipinski definition) is 3. The second kappa shape index (κ2) is 7.13. The lowest BCUT2D eigenvalue weighted by atomic mass is 9.88. The van der Waals surface area contributed by atoms with Crippen LogP contribution < -0.4 is 10.6 Å². The van der Waals surface area contributed by atoms with Crippen LogP contribution in [0.3, 0.4) is 0 Å². The van der Waals surface area contributed by atoms with Gasteiger partial charge in [0.15, 0.2) is 0 Å². The van der Waals surface area contributed by atoms with Gasteiger partial charge in [0.1, 0.15) is 0 Å². The van der Waals surface area contributed by atoms with E-state index in [4.69, 9.17) is 5.11 Å². The van der Waals surface area contributed by atoms with Gasteiger partial charge in [-0.3, -0.25) is 0 Å². The van der Waals surface area contributed by atoms with Crippen LogP contribution in [0.15, 0.2) is 0 Å². The fourth-order valence-electron chi connectivity index (χ4n) is 1.35. The van der Waals surface area contributed by atoms with Gasteiger partial charge in [0.2, 0.25) is 0 Å². The Kier molecular flexibility index (Phi) is 6.59. The molecule has 16 heavy (non-hydrogen) atoms.